The van der Waals surface area contributed by atoms with E-state index >= 15 is 0 Å². The summed E-state index contributed by atoms with van der Waals surface area (Å²) < 4.78 is 84.0. The van der Waals surface area contributed by atoms with Crippen molar-refractivity contribution in [2.24, 2.45) is 0 Å². The SMILES string of the molecule is Cc1nnc(-c2nnn(Cc3cc(C(F)(F)F)cc(C(F)(F)F)c3)c2N2CCSCC2)n1Cc1ccccc1Cl. The first-order valence-electron chi connectivity index (χ1n) is 12.1. The lowest BCUT2D eigenvalue weighted by atomic mass is 10.0. The number of aromatic nitrogens is 6. The van der Waals surface area contributed by atoms with Gasteiger partial charge >= 0.3 is 12.4 Å². The average Bonchev–Trinajstić information content (AvgIpc) is 3.47. The third-order valence-electron chi connectivity index (χ3n) is 6.43. The third kappa shape index (κ3) is 5.92. The van der Waals surface area contributed by atoms with Gasteiger partial charge in [0.1, 0.15) is 5.82 Å². The van der Waals surface area contributed by atoms with Gasteiger partial charge in [0, 0.05) is 29.6 Å². The van der Waals surface area contributed by atoms with Gasteiger partial charge in [0.05, 0.1) is 24.2 Å². The number of rotatable bonds is 6. The molecule has 0 N–H and O–H groups in total. The molecule has 1 aliphatic heterocycles. The molecule has 0 amide bonds. The molecule has 0 saturated carbocycles. The first kappa shape index (κ1) is 28.3. The fraction of sp³-hybridized carbons (Fsp3) is 0.360. The zero-order valence-corrected chi connectivity index (χ0v) is 22.5. The van der Waals surface area contributed by atoms with Gasteiger partial charge in [0.25, 0.3) is 0 Å². The van der Waals surface area contributed by atoms with Crippen molar-refractivity contribution in [3.8, 4) is 11.5 Å². The van der Waals surface area contributed by atoms with Crippen LogP contribution in [0.25, 0.3) is 11.5 Å². The van der Waals surface area contributed by atoms with Crippen LogP contribution in [0.3, 0.4) is 0 Å². The highest BCUT2D eigenvalue weighted by Crippen LogP contribution is 2.37. The summed E-state index contributed by atoms with van der Waals surface area (Å²) in [6.45, 7) is 2.88. The van der Waals surface area contributed by atoms with Gasteiger partial charge in [0.2, 0.25) is 0 Å². The molecule has 2 aromatic heterocycles. The average molecular weight is 602 g/mol. The summed E-state index contributed by atoms with van der Waals surface area (Å²) in [4.78, 5) is 1.97. The minimum Gasteiger partial charge on any atom is -0.353 e. The largest absolute Gasteiger partial charge is 0.416 e. The number of alkyl halides is 6. The number of nitrogens with zero attached hydrogens (tertiary/aromatic N) is 7. The van der Waals surface area contributed by atoms with Crippen LogP contribution < -0.4 is 4.90 Å². The summed E-state index contributed by atoms with van der Waals surface area (Å²) in [6, 6.07) is 8.79. The minimum absolute atomic E-state index is 0.110. The van der Waals surface area contributed by atoms with Crippen molar-refractivity contribution in [3.63, 3.8) is 0 Å². The Morgan fingerprint density at radius 1 is 0.875 bits per heavy atom. The summed E-state index contributed by atoms with van der Waals surface area (Å²) in [5.41, 5.74) is -1.85. The monoisotopic (exact) mass is 601 g/mol. The van der Waals surface area contributed by atoms with E-state index in [-0.39, 0.29) is 18.2 Å². The number of anilines is 1. The molecule has 15 heteroatoms. The van der Waals surface area contributed by atoms with Crippen molar-refractivity contribution in [3.05, 3.63) is 75.6 Å². The zero-order chi connectivity index (χ0) is 28.7. The lowest BCUT2D eigenvalue weighted by Gasteiger charge is -2.29. The molecule has 0 atom stereocenters. The number of benzene rings is 2. The van der Waals surface area contributed by atoms with Crippen molar-refractivity contribution in [1.29, 1.82) is 0 Å². The molecule has 7 nitrogen and oxygen atoms in total. The van der Waals surface area contributed by atoms with Gasteiger partial charge in [-0.15, -0.1) is 15.3 Å². The molecule has 4 aromatic rings. The highest BCUT2D eigenvalue weighted by Gasteiger charge is 2.37. The fourth-order valence-corrected chi connectivity index (χ4v) is 5.57. The van der Waals surface area contributed by atoms with E-state index in [0.29, 0.717) is 60.0 Å². The summed E-state index contributed by atoms with van der Waals surface area (Å²) in [5.74, 6) is 2.92. The lowest BCUT2D eigenvalue weighted by molar-refractivity contribution is -0.143. The van der Waals surface area contributed by atoms with Crippen LogP contribution in [0.2, 0.25) is 5.02 Å². The fourth-order valence-electron chi connectivity index (χ4n) is 4.47. The van der Waals surface area contributed by atoms with E-state index in [4.69, 9.17) is 11.6 Å². The lowest BCUT2D eigenvalue weighted by Crippen LogP contribution is -2.34. The van der Waals surface area contributed by atoms with Gasteiger partial charge in [0.15, 0.2) is 17.3 Å². The first-order chi connectivity index (χ1) is 18.9. The highest BCUT2D eigenvalue weighted by atomic mass is 35.5. The van der Waals surface area contributed by atoms with Crippen molar-refractivity contribution >= 4 is 29.2 Å². The van der Waals surface area contributed by atoms with E-state index in [1.165, 1.54) is 4.68 Å². The Labute approximate surface area is 234 Å². The van der Waals surface area contributed by atoms with E-state index in [0.717, 1.165) is 17.1 Å². The van der Waals surface area contributed by atoms with Gasteiger partial charge in [-0.05, 0) is 42.3 Å². The molecule has 0 unspecified atom stereocenters. The summed E-state index contributed by atoms with van der Waals surface area (Å²) >= 11 is 8.11. The van der Waals surface area contributed by atoms with Crippen LogP contribution in [0, 0.1) is 6.92 Å². The molecule has 0 bridgehead atoms. The second-order valence-corrected chi connectivity index (χ2v) is 10.8. The predicted molar refractivity (Wildman–Crippen MR) is 139 cm³/mol. The third-order valence-corrected chi connectivity index (χ3v) is 7.74. The van der Waals surface area contributed by atoms with Gasteiger partial charge in [-0.25, -0.2) is 4.68 Å². The molecule has 2 aromatic carbocycles. The standard InChI is InChI=1S/C25H22ClF6N7S/c1-15-33-35-22(38(15)14-17-4-2-3-5-20(17)26)21-23(37-6-8-40-9-7-37)39(36-34-21)13-16-10-18(24(27,28)29)12-19(11-16)25(30,31)32/h2-5,10-12H,6-9,13-14H2,1H3. The predicted octanol–water partition coefficient (Wildman–Crippen LogP) is 6.19. The second kappa shape index (κ2) is 11.0. The molecule has 1 aliphatic rings. The van der Waals surface area contributed by atoms with Crippen LogP contribution in [-0.2, 0) is 25.4 Å². The molecule has 0 aliphatic carbocycles. The van der Waals surface area contributed by atoms with Gasteiger partial charge in [-0.2, -0.15) is 38.1 Å². The number of halogens is 7. The molecule has 1 saturated heterocycles. The molecule has 40 heavy (non-hydrogen) atoms. The van der Waals surface area contributed by atoms with Crippen molar-refractivity contribution < 1.29 is 26.3 Å². The van der Waals surface area contributed by atoms with Crippen molar-refractivity contribution in [1.82, 2.24) is 29.8 Å². The Balaban J connectivity index is 1.60. The van der Waals surface area contributed by atoms with Gasteiger partial charge < -0.3 is 9.47 Å². The Kier molecular flexibility index (Phi) is 7.75. The highest BCUT2D eigenvalue weighted by molar-refractivity contribution is 7.99. The first-order valence-corrected chi connectivity index (χ1v) is 13.6. The van der Waals surface area contributed by atoms with Crippen molar-refractivity contribution in [2.45, 2.75) is 32.4 Å². The molecule has 5 rings (SSSR count). The van der Waals surface area contributed by atoms with Gasteiger partial charge in [-0.3, -0.25) is 0 Å². The summed E-state index contributed by atoms with van der Waals surface area (Å²) in [6.07, 6.45) is -9.91. The van der Waals surface area contributed by atoms with E-state index in [1.54, 1.807) is 29.3 Å². The topological polar surface area (TPSA) is 64.7 Å². The summed E-state index contributed by atoms with van der Waals surface area (Å²) in [5, 5.41) is 17.5. The molecule has 0 spiro atoms. The second-order valence-electron chi connectivity index (χ2n) is 9.18. The van der Waals surface area contributed by atoms with Crippen LogP contribution in [0.1, 0.15) is 28.1 Å². The number of hydrogen-bond donors (Lipinski definition) is 0. The maximum Gasteiger partial charge on any atom is 0.416 e. The van der Waals surface area contributed by atoms with Crippen molar-refractivity contribution in [2.75, 3.05) is 29.5 Å². The van der Waals surface area contributed by atoms with Crippen LogP contribution in [0.15, 0.2) is 42.5 Å². The quantitative estimate of drug-likeness (QED) is 0.246. The molecule has 3 heterocycles. The van der Waals surface area contributed by atoms with E-state index in [9.17, 15) is 26.3 Å². The summed E-state index contributed by atoms with van der Waals surface area (Å²) in [7, 11) is 0. The molecule has 0 radical (unpaired) electrons. The van der Waals surface area contributed by atoms with Gasteiger partial charge in [-0.1, -0.05) is 35.0 Å². The Morgan fingerprint density at radius 3 is 2.15 bits per heavy atom. The van der Waals surface area contributed by atoms with E-state index in [1.807, 2.05) is 23.1 Å². The number of hydrogen-bond acceptors (Lipinski definition) is 6. The molecular weight excluding hydrogens is 580 g/mol. The van der Waals surface area contributed by atoms with E-state index in [2.05, 4.69) is 20.5 Å². The Morgan fingerprint density at radius 2 is 1.52 bits per heavy atom. The Hall–Kier alpha value is -3.26. The maximum atomic E-state index is 13.5. The van der Waals surface area contributed by atoms with Crippen LogP contribution >= 0.6 is 23.4 Å². The van der Waals surface area contributed by atoms with Crippen LogP contribution in [0.4, 0.5) is 32.2 Å². The Bertz CT molecular complexity index is 1480. The molecule has 1 fully saturated rings. The molecular formula is C25H22ClF6N7S. The maximum absolute atomic E-state index is 13.5. The number of thioether (sulfide) groups is 1. The van der Waals surface area contributed by atoms with Crippen LogP contribution in [-0.4, -0.2) is 54.4 Å². The zero-order valence-electron chi connectivity index (χ0n) is 21.0. The van der Waals surface area contributed by atoms with E-state index < -0.39 is 23.5 Å². The number of aryl methyl sites for hydroxylation is 1. The normalized spacial score (nSPS) is 14.7. The van der Waals surface area contributed by atoms with Crippen LogP contribution in [0.5, 0.6) is 0 Å². The molecule has 212 valence electrons. The smallest absolute Gasteiger partial charge is 0.353 e. The minimum atomic E-state index is -4.96.